The number of nitrogens with two attached hydrogens (primary N) is 1. The molecule has 138 valence electrons. The lowest BCUT2D eigenvalue weighted by molar-refractivity contribution is -0.387. The molecule has 1 amide bonds. The van der Waals surface area contributed by atoms with Crippen LogP contribution in [0.15, 0.2) is 34.6 Å². The first-order valence-corrected chi connectivity index (χ1v) is 9.14. The molecular weight excluding hydrogens is 356 g/mol. The fourth-order valence-corrected chi connectivity index (χ4v) is 3.87. The molecule has 3 rings (SSSR count). The molecule has 1 unspecified atom stereocenters. The van der Waals surface area contributed by atoms with Crippen LogP contribution < -0.4 is 5.73 Å². The Morgan fingerprint density at radius 2 is 2.27 bits per heavy atom. The van der Waals surface area contributed by atoms with E-state index < -0.39 is 4.92 Å². The number of aromatic nitrogens is 3. The normalized spacial score (nSPS) is 17.3. The van der Waals surface area contributed by atoms with E-state index >= 15 is 0 Å². The monoisotopic (exact) mass is 376 g/mol. The second-order valence-corrected chi connectivity index (χ2v) is 7.16. The largest absolute Gasteiger partial charge is 0.334 e. The Kier molecular flexibility index (Phi) is 5.52. The Labute approximate surface area is 154 Å². The van der Waals surface area contributed by atoms with Crippen molar-refractivity contribution in [2.24, 2.45) is 12.8 Å². The number of carbonyl (C=O) groups is 1. The van der Waals surface area contributed by atoms with E-state index in [2.05, 4.69) is 10.2 Å². The third-order valence-corrected chi connectivity index (χ3v) is 5.55. The van der Waals surface area contributed by atoms with E-state index in [0.29, 0.717) is 28.7 Å². The number of nitro benzene ring substituents is 1. The number of benzene rings is 1. The Bertz CT molecular complexity index is 824. The minimum absolute atomic E-state index is 0.0111. The molecule has 2 N–H and O–H groups in total. The van der Waals surface area contributed by atoms with Crippen LogP contribution in [0.5, 0.6) is 0 Å². The highest BCUT2D eigenvalue weighted by Gasteiger charge is 2.28. The summed E-state index contributed by atoms with van der Waals surface area (Å²) in [5.74, 6) is -0.210. The van der Waals surface area contributed by atoms with Gasteiger partial charge in [0.1, 0.15) is 6.33 Å². The van der Waals surface area contributed by atoms with Gasteiger partial charge in [-0.15, -0.1) is 10.2 Å². The SMILES string of the molecule is Cn1cnnc1Sc1ccc(C(=O)N2CCCCC2CN)cc1[N+](=O)[O-]. The summed E-state index contributed by atoms with van der Waals surface area (Å²) < 4.78 is 1.67. The molecule has 1 aliphatic rings. The van der Waals surface area contributed by atoms with Gasteiger partial charge in [-0.25, -0.2) is 0 Å². The molecule has 0 radical (unpaired) electrons. The molecule has 2 heterocycles. The number of nitrogens with zero attached hydrogens (tertiary/aromatic N) is 5. The molecule has 0 bridgehead atoms. The fraction of sp³-hybridized carbons (Fsp3) is 0.438. The molecule has 0 saturated carbocycles. The van der Waals surface area contributed by atoms with E-state index in [-0.39, 0.29) is 17.6 Å². The molecule has 26 heavy (non-hydrogen) atoms. The molecule has 1 atom stereocenters. The van der Waals surface area contributed by atoms with Crippen LogP contribution in [0, 0.1) is 10.1 Å². The van der Waals surface area contributed by atoms with Gasteiger partial charge in [0.25, 0.3) is 11.6 Å². The number of nitro groups is 1. The molecule has 0 spiro atoms. The molecule has 9 nitrogen and oxygen atoms in total. The molecule has 1 aromatic heterocycles. The van der Waals surface area contributed by atoms with Crippen molar-refractivity contribution in [1.29, 1.82) is 0 Å². The maximum atomic E-state index is 12.8. The van der Waals surface area contributed by atoms with Crippen LogP contribution in [-0.4, -0.2) is 49.6 Å². The van der Waals surface area contributed by atoms with Crippen LogP contribution in [0.4, 0.5) is 5.69 Å². The van der Waals surface area contributed by atoms with Gasteiger partial charge in [0, 0.05) is 37.8 Å². The molecule has 2 aromatic rings. The van der Waals surface area contributed by atoms with Crippen LogP contribution in [-0.2, 0) is 7.05 Å². The maximum absolute atomic E-state index is 12.8. The standard InChI is InChI=1S/C16H20N6O3S/c1-20-10-18-19-16(20)26-14-6-5-11(8-13(14)22(24)25)15(23)21-7-3-2-4-12(21)9-17/h5-6,8,10,12H,2-4,7,9,17H2,1H3. The zero-order valence-corrected chi connectivity index (χ0v) is 15.2. The van der Waals surface area contributed by atoms with Crippen LogP contribution >= 0.6 is 11.8 Å². The molecule has 0 aliphatic carbocycles. The van der Waals surface area contributed by atoms with Crippen molar-refractivity contribution in [3.8, 4) is 0 Å². The van der Waals surface area contributed by atoms with Crippen LogP contribution in [0.2, 0.25) is 0 Å². The summed E-state index contributed by atoms with van der Waals surface area (Å²) in [6, 6.07) is 4.54. The highest BCUT2D eigenvalue weighted by Crippen LogP contribution is 2.34. The summed E-state index contributed by atoms with van der Waals surface area (Å²) in [6.07, 6.45) is 4.35. The molecule has 1 aromatic carbocycles. The van der Waals surface area contributed by atoms with Crippen molar-refractivity contribution < 1.29 is 9.72 Å². The number of hydrogen-bond donors (Lipinski definition) is 1. The molecule has 1 saturated heterocycles. The van der Waals surface area contributed by atoms with Gasteiger partial charge in [-0.05, 0) is 43.2 Å². The average Bonchev–Trinajstić information content (AvgIpc) is 3.06. The predicted octanol–water partition coefficient (Wildman–Crippen LogP) is 1.83. The van der Waals surface area contributed by atoms with E-state index in [1.165, 1.54) is 12.4 Å². The van der Waals surface area contributed by atoms with Gasteiger partial charge < -0.3 is 15.2 Å². The molecule has 1 aliphatic heterocycles. The van der Waals surface area contributed by atoms with Gasteiger partial charge in [0.2, 0.25) is 0 Å². The number of aryl methyl sites for hydroxylation is 1. The Balaban J connectivity index is 1.89. The van der Waals surface area contributed by atoms with Crippen molar-refractivity contribution in [2.75, 3.05) is 13.1 Å². The second kappa shape index (κ2) is 7.83. The third-order valence-electron chi connectivity index (χ3n) is 4.43. The van der Waals surface area contributed by atoms with Crippen molar-refractivity contribution in [3.05, 3.63) is 40.2 Å². The van der Waals surface area contributed by atoms with Crippen molar-refractivity contribution in [2.45, 2.75) is 35.4 Å². The average molecular weight is 376 g/mol. The zero-order valence-electron chi connectivity index (χ0n) is 14.4. The highest BCUT2D eigenvalue weighted by molar-refractivity contribution is 7.99. The first-order chi connectivity index (χ1) is 12.5. The quantitative estimate of drug-likeness (QED) is 0.624. The highest BCUT2D eigenvalue weighted by atomic mass is 32.2. The predicted molar refractivity (Wildman–Crippen MR) is 96.0 cm³/mol. The zero-order chi connectivity index (χ0) is 18.7. The Morgan fingerprint density at radius 3 is 2.92 bits per heavy atom. The minimum atomic E-state index is -0.480. The summed E-state index contributed by atoms with van der Waals surface area (Å²) in [4.78, 5) is 26.0. The first-order valence-electron chi connectivity index (χ1n) is 8.32. The number of rotatable bonds is 5. The smallest absolute Gasteiger partial charge is 0.284 e. The van der Waals surface area contributed by atoms with Gasteiger partial charge in [-0.3, -0.25) is 14.9 Å². The van der Waals surface area contributed by atoms with Crippen LogP contribution in [0.1, 0.15) is 29.6 Å². The summed E-state index contributed by atoms with van der Waals surface area (Å²) in [7, 11) is 1.76. The van der Waals surface area contributed by atoms with Gasteiger partial charge >= 0.3 is 0 Å². The van der Waals surface area contributed by atoms with E-state index in [4.69, 9.17) is 5.73 Å². The maximum Gasteiger partial charge on any atom is 0.284 e. The molecular formula is C16H20N6O3S. The number of hydrogen-bond acceptors (Lipinski definition) is 7. The Morgan fingerprint density at radius 1 is 1.46 bits per heavy atom. The second-order valence-electron chi connectivity index (χ2n) is 6.15. The van der Waals surface area contributed by atoms with Crippen molar-refractivity contribution >= 4 is 23.4 Å². The topological polar surface area (TPSA) is 120 Å². The molecule has 1 fully saturated rings. The van der Waals surface area contributed by atoms with Gasteiger partial charge in [-0.2, -0.15) is 0 Å². The van der Waals surface area contributed by atoms with E-state index in [1.54, 1.807) is 28.6 Å². The number of likely N-dealkylation sites (tertiary alicyclic amines) is 1. The first kappa shape index (κ1) is 18.3. The number of piperidine rings is 1. The van der Waals surface area contributed by atoms with Gasteiger partial charge in [0.15, 0.2) is 5.16 Å². The fourth-order valence-electron chi connectivity index (χ4n) is 3.02. The van der Waals surface area contributed by atoms with Gasteiger partial charge in [-0.1, -0.05) is 0 Å². The van der Waals surface area contributed by atoms with Crippen molar-refractivity contribution in [3.63, 3.8) is 0 Å². The molecule has 10 heteroatoms. The third kappa shape index (κ3) is 3.70. The van der Waals surface area contributed by atoms with Crippen molar-refractivity contribution in [1.82, 2.24) is 19.7 Å². The van der Waals surface area contributed by atoms with E-state index in [0.717, 1.165) is 31.0 Å². The Hall–Kier alpha value is -2.46. The van der Waals surface area contributed by atoms with Gasteiger partial charge in [0.05, 0.1) is 9.82 Å². The van der Waals surface area contributed by atoms with Crippen LogP contribution in [0.25, 0.3) is 0 Å². The number of carbonyl (C=O) groups excluding carboxylic acids is 1. The summed E-state index contributed by atoms with van der Waals surface area (Å²) in [5, 5.41) is 19.7. The minimum Gasteiger partial charge on any atom is -0.334 e. The van der Waals surface area contributed by atoms with E-state index in [1.807, 2.05) is 0 Å². The van der Waals surface area contributed by atoms with E-state index in [9.17, 15) is 14.9 Å². The summed E-state index contributed by atoms with van der Waals surface area (Å²) in [5.41, 5.74) is 5.97. The lowest BCUT2D eigenvalue weighted by Gasteiger charge is -2.35. The summed E-state index contributed by atoms with van der Waals surface area (Å²) >= 11 is 1.14. The lowest BCUT2D eigenvalue weighted by Crippen LogP contribution is -2.47. The van der Waals surface area contributed by atoms with Crippen LogP contribution in [0.3, 0.4) is 0 Å². The lowest BCUT2D eigenvalue weighted by atomic mass is 10.0. The summed E-state index contributed by atoms with van der Waals surface area (Å²) in [6.45, 7) is 1.03. The number of amides is 1.